The fourth-order valence-electron chi connectivity index (χ4n) is 0.999. The minimum atomic E-state index is -2.04. The summed E-state index contributed by atoms with van der Waals surface area (Å²) < 4.78 is 12.2. The molecule has 0 amide bonds. The minimum absolute atomic E-state index is 0.106. The molecule has 2 nitrogen and oxygen atoms in total. The molecule has 14 heavy (non-hydrogen) atoms. The Morgan fingerprint density at radius 3 is 2.07 bits per heavy atom. The van der Waals surface area contributed by atoms with Crippen molar-refractivity contribution in [1.82, 2.24) is 0 Å². The van der Waals surface area contributed by atoms with E-state index >= 15 is 0 Å². The van der Waals surface area contributed by atoms with Gasteiger partial charge < -0.3 is 4.57 Å². The largest absolute Gasteiger partial charge is 0.323 e. The molecule has 0 saturated heterocycles. The third-order valence-corrected chi connectivity index (χ3v) is 8.04. The van der Waals surface area contributed by atoms with Gasteiger partial charge in [-0.3, -0.25) is 4.79 Å². The van der Waals surface area contributed by atoms with Crippen LogP contribution in [0, 0.1) is 0 Å². The zero-order valence-electron chi connectivity index (χ0n) is 8.17. The zero-order chi connectivity index (χ0) is 11.0. The van der Waals surface area contributed by atoms with E-state index in [-0.39, 0.29) is 5.12 Å². The second-order valence-corrected chi connectivity index (χ2v) is 9.26. The molecule has 0 fully saturated rings. The Labute approximate surface area is 107 Å². The van der Waals surface area contributed by atoms with Crippen molar-refractivity contribution in [3.05, 3.63) is 0 Å². The van der Waals surface area contributed by atoms with Crippen LogP contribution in [0.5, 0.6) is 0 Å². The number of carbonyl (C=O) groups excluding carboxylic acids is 1. The average molecular weight is 366 g/mol. The van der Waals surface area contributed by atoms with E-state index in [2.05, 4.69) is 31.9 Å². The summed E-state index contributed by atoms with van der Waals surface area (Å²) in [6.45, 7) is 1.55. The number of thioether (sulfide) groups is 1. The van der Waals surface area contributed by atoms with Gasteiger partial charge >= 0.3 is 0 Å². The number of hydrogen-bond donors (Lipinski definition) is 0. The van der Waals surface area contributed by atoms with Gasteiger partial charge in [0.2, 0.25) is 0 Å². The van der Waals surface area contributed by atoms with E-state index in [4.69, 9.17) is 0 Å². The molecule has 0 aliphatic heterocycles. The summed E-state index contributed by atoms with van der Waals surface area (Å²) in [5.41, 5.74) is 0. The molecule has 0 aromatic rings. The van der Waals surface area contributed by atoms with Crippen LogP contribution in [-0.4, -0.2) is 40.0 Å². The maximum atomic E-state index is 12.2. The molecular formula is C8H15Br2O2PS. The molecule has 0 aromatic heterocycles. The molecule has 0 radical (unpaired) electrons. The van der Waals surface area contributed by atoms with Crippen molar-refractivity contribution in [2.24, 2.45) is 0 Å². The van der Waals surface area contributed by atoms with Crippen LogP contribution in [0.1, 0.15) is 6.92 Å². The summed E-state index contributed by atoms with van der Waals surface area (Å²) >= 11 is 7.90. The van der Waals surface area contributed by atoms with Gasteiger partial charge in [0.25, 0.3) is 0 Å². The smallest absolute Gasteiger partial charge is 0.185 e. The molecule has 0 unspecified atom stereocenters. The molecule has 0 rings (SSSR count). The molecule has 0 heterocycles. The van der Waals surface area contributed by atoms with E-state index in [1.807, 2.05) is 0 Å². The lowest BCUT2D eigenvalue weighted by molar-refractivity contribution is -0.109. The second-order valence-electron chi connectivity index (χ2n) is 2.95. The Hall–Kier alpha value is 1.21. The van der Waals surface area contributed by atoms with Gasteiger partial charge in [0, 0.05) is 41.8 Å². The van der Waals surface area contributed by atoms with E-state index in [9.17, 15) is 9.36 Å². The monoisotopic (exact) mass is 364 g/mol. The Kier molecular flexibility index (Phi) is 9.10. The van der Waals surface area contributed by atoms with Crippen molar-refractivity contribution in [2.45, 2.75) is 6.92 Å². The molecule has 0 N–H and O–H groups in total. The normalized spacial score (nSPS) is 11.6. The van der Waals surface area contributed by atoms with E-state index in [1.165, 1.54) is 11.8 Å². The number of hydrogen-bond acceptors (Lipinski definition) is 3. The van der Waals surface area contributed by atoms with Gasteiger partial charge in [-0.25, -0.2) is 0 Å². The first kappa shape index (κ1) is 15.2. The summed E-state index contributed by atoms with van der Waals surface area (Å²) in [6.07, 6.45) is 2.14. The van der Waals surface area contributed by atoms with Gasteiger partial charge in [0.1, 0.15) is 0 Å². The standard InChI is InChI=1S/C8H15Br2O2PS/c1-8(11)14-7-6-13(12,4-2-9)5-3-10/h2-7H2,1H3. The highest BCUT2D eigenvalue weighted by Gasteiger charge is 2.20. The molecular weight excluding hydrogens is 351 g/mol. The van der Waals surface area contributed by atoms with E-state index in [1.54, 1.807) is 6.92 Å². The topological polar surface area (TPSA) is 34.1 Å². The van der Waals surface area contributed by atoms with Crippen LogP contribution in [0.15, 0.2) is 0 Å². The lowest BCUT2D eigenvalue weighted by Crippen LogP contribution is -2.05. The quantitative estimate of drug-likeness (QED) is 0.512. The SMILES string of the molecule is CC(=O)SCCP(=O)(CCBr)CCBr. The summed E-state index contributed by atoms with van der Waals surface area (Å²) in [7, 11) is -2.04. The van der Waals surface area contributed by atoms with Crippen molar-refractivity contribution >= 4 is 55.9 Å². The fraction of sp³-hybridized carbons (Fsp3) is 0.875. The van der Waals surface area contributed by atoms with Gasteiger partial charge in [0.05, 0.1) is 7.14 Å². The van der Waals surface area contributed by atoms with E-state index < -0.39 is 7.14 Å². The van der Waals surface area contributed by atoms with Crippen molar-refractivity contribution in [1.29, 1.82) is 0 Å². The van der Waals surface area contributed by atoms with Gasteiger partial charge in [-0.15, -0.1) is 0 Å². The van der Waals surface area contributed by atoms with Gasteiger partial charge in [-0.2, -0.15) is 0 Å². The third-order valence-electron chi connectivity index (χ3n) is 1.79. The van der Waals surface area contributed by atoms with Crippen molar-refractivity contribution in [2.75, 3.05) is 34.9 Å². The van der Waals surface area contributed by atoms with Crippen LogP contribution < -0.4 is 0 Å². The van der Waals surface area contributed by atoms with Gasteiger partial charge in [-0.05, 0) is 0 Å². The highest BCUT2D eigenvalue weighted by atomic mass is 79.9. The van der Waals surface area contributed by atoms with Crippen LogP contribution >= 0.6 is 50.8 Å². The lowest BCUT2D eigenvalue weighted by Gasteiger charge is -2.15. The van der Waals surface area contributed by atoms with Crippen LogP contribution in [0.2, 0.25) is 0 Å². The maximum Gasteiger partial charge on any atom is 0.185 e. The first-order valence-electron chi connectivity index (χ1n) is 4.36. The summed E-state index contributed by atoms with van der Waals surface area (Å²) in [5.74, 6) is 0.687. The lowest BCUT2D eigenvalue weighted by atomic mass is 10.9. The molecule has 6 heteroatoms. The maximum absolute atomic E-state index is 12.2. The van der Waals surface area contributed by atoms with Crippen LogP contribution in [0.4, 0.5) is 0 Å². The average Bonchev–Trinajstić information content (AvgIpc) is 2.03. The minimum Gasteiger partial charge on any atom is -0.323 e. The highest BCUT2D eigenvalue weighted by Crippen LogP contribution is 2.46. The van der Waals surface area contributed by atoms with Crippen molar-refractivity contribution < 1.29 is 9.36 Å². The van der Waals surface area contributed by atoms with Crippen LogP contribution in [-0.2, 0) is 9.36 Å². The van der Waals surface area contributed by atoms with Crippen LogP contribution in [0.25, 0.3) is 0 Å². The summed E-state index contributed by atoms with van der Waals surface area (Å²) in [4.78, 5) is 10.7. The molecule has 0 aliphatic carbocycles. The molecule has 0 aliphatic rings. The zero-order valence-corrected chi connectivity index (χ0v) is 13.1. The molecule has 0 aromatic carbocycles. The van der Waals surface area contributed by atoms with Gasteiger partial charge in [-0.1, -0.05) is 43.6 Å². The fourth-order valence-corrected chi connectivity index (χ4v) is 8.15. The molecule has 84 valence electrons. The number of carbonyl (C=O) groups is 1. The predicted octanol–water partition coefficient (Wildman–Crippen LogP) is 3.42. The van der Waals surface area contributed by atoms with Crippen LogP contribution in [0.3, 0.4) is 0 Å². The number of rotatable bonds is 7. The molecule has 0 bridgehead atoms. The summed E-state index contributed by atoms with van der Waals surface area (Å²) in [6, 6.07) is 0. The Morgan fingerprint density at radius 1 is 1.21 bits per heavy atom. The Morgan fingerprint density at radius 2 is 1.71 bits per heavy atom. The Bertz CT molecular complexity index is 213. The van der Waals surface area contributed by atoms with Gasteiger partial charge in [0.15, 0.2) is 5.12 Å². The molecule has 0 spiro atoms. The Balaban J connectivity index is 3.96. The van der Waals surface area contributed by atoms with E-state index in [0.29, 0.717) is 11.9 Å². The first-order valence-corrected chi connectivity index (χ1v) is 9.85. The highest BCUT2D eigenvalue weighted by molar-refractivity contribution is 9.09. The van der Waals surface area contributed by atoms with Crippen molar-refractivity contribution in [3.8, 4) is 0 Å². The third kappa shape index (κ3) is 7.49. The second kappa shape index (κ2) is 8.37. The first-order chi connectivity index (χ1) is 6.54. The predicted molar refractivity (Wildman–Crippen MR) is 72.9 cm³/mol. The van der Waals surface area contributed by atoms with Crippen molar-refractivity contribution in [3.63, 3.8) is 0 Å². The van der Waals surface area contributed by atoms with E-state index in [0.717, 1.165) is 23.0 Å². The number of alkyl halides is 2. The molecule has 0 atom stereocenters. The molecule has 0 saturated carbocycles. The number of halogens is 2. The summed E-state index contributed by atoms with van der Waals surface area (Å²) in [5, 5.41) is 1.67.